The van der Waals surface area contributed by atoms with Gasteiger partial charge in [0.1, 0.15) is 0 Å². The molecule has 3 aromatic heterocycles. The number of hydrogen-bond donors (Lipinski definition) is 0. The Balaban J connectivity index is 1.16. The van der Waals surface area contributed by atoms with Crippen LogP contribution < -0.4 is 4.74 Å². The van der Waals surface area contributed by atoms with Gasteiger partial charge in [0.15, 0.2) is 0 Å². The number of rotatable bonds is 7. The molecule has 0 amide bonds. The third-order valence-electron chi connectivity index (χ3n) is 15.9. The molecule has 11 rings (SSSR count). The second-order valence-corrected chi connectivity index (χ2v) is 23.6. The van der Waals surface area contributed by atoms with E-state index in [2.05, 4.69) is 160 Å². The second kappa shape index (κ2) is 16.5. The van der Waals surface area contributed by atoms with E-state index >= 15 is 0 Å². The second-order valence-electron chi connectivity index (χ2n) is 22.6. The van der Waals surface area contributed by atoms with Crippen molar-refractivity contribution < 1.29 is 37.8 Å². The van der Waals surface area contributed by atoms with Crippen LogP contribution in [0.5, 0.6) is 11.5 Å². The fourth-order valence-electron chi connectivity index (χ4n) is 10.9. The van der Waals surface area contributed by atoms with Gasteiger partial charge in [0.2, 0.25) is 0 Å². The van der Waals surface area contributed by atoms with Crippen LogP contribution in [0, 0.1) is 9.22 Å². The van der Waals surface area contributed by atoms with Gasteiger partial charge in [0.05, 0.1) is 0 Å². The quantitative estimate of drug-likeness (QED) is 0.159. The standard InChI is InChI=1S/C65H64N4O.Pt/c1-61(2,3)44-34-35-66-57(38-44)69-55-33-32-52-59(64(9,10)65(11,12)63(52,7)8)58(55)51-31-30-47(40-56(51)69)70-48-37-45(62(4,5)6)36-46(39-48)67-41-68(54-29-20-19-28-53(54)67)60-49(42-22-15-13-16-23-42)26-21-27-50(60)43-24-17-14-18-25-43;/h13-40H,1-12H3;/i13D,14D,15D,16D,17D,18D,22D,23D,24D,25D;. The number of nitrogens with zero attached hydrogens (tertiary/aromatic N) is 4. The molecule has 6 heteroatoms. The van der Waals surface area contributed by atoms with Gasteiger partial charge in [-0.05, 0) is 38.9 Å². The maximum atomic E-state index is 9.21. The number of aromatic nitrogens is 4. The van der Waals surface area contributed by atoms with Crippen molar-refractivity contribution >= 4 is 32.8 Å². The van der Waals surface area contributed by atoms with E-state index in [0.29, 0.717) is 20.8 Å². The van der Waals surface area contributed by atoms with Crippen molar-refractivity contribution in [3.8, 4) is 50.9 Å². The number of imidazole rings is 1. The summed E-state index contributed by atoms with van der Waals surface area (Å²) in [6.07, 6.45) is 1.90. The third-order valence-corrected chi connectivity index (χ3v) is 16.9. The molecular weight excluding hydrogens is 1050 g/mol. The van der Waals surface area contributed by atoms with Crippen molar-refractivity contribution in [3.63, 3.8) is 0 Å². The zero-order valence-electron chi connectivity index (χ0n) is 52.4. The molecule has 0 unspecified atom stereocenters. The van der Waals surface area contributed by atoms with Gasteiger partial charge in [0.25, 0.3) is 0 Å². The Morgan fingerprint density at radius 3 is 1.79 bits per heavy atom. The van der Waals surface area contributed by atoms with Gasteiger partial charge in [-0.2, -0.15) is 0 Å². The van der Waals surface area contributed by atoms with Crippen LogP contribution in [0.15, 0.2) is 170 Å². The summed E-state index contributed by atoms with van der Waals surface area (Å²) >= 11 is 2.22. The fraction of sp³-hybridized carbons (Fsp3) is 0.262. The summed E-state index contributed by atoms with van der Waals surface area (Å²) in [5, 5.41) is 2.32. The van der Waals surface area contributed by atoms with Crippen molar-refractivity contribution in [2.24, 2.45) is 5.41 Å². The number of benzene rings is 7. The summed E-state index contributed by atoms with van der Waals surface area (Å²) in [4.78, 5) is 5.05. The van der Waals surface area contributed by atoms with Gasteiger partial charge in [-0.15, -0.1) is 0 Å². The summed E-state index contributed by atoms with van der Waals surface area (Å²) in [5.41, 5.74) is 8.51. The Labute approximate surface area is 444 Å². The van der Waals surface area contributed by atoms with E-state index in [4.69, 9.17) is 17.9 Å². The van der Waals surface area contributed by atoms with Crippen LogP contribution in [0.2, 0.25) is 0 Å². The summed E-state index contributed by atoms with van der Waals surface area (Å²) in [6.45, 7) is 27.4. The minimum absolute atomic E-state index is 0.0726. The molecule has 0 N–H and O–H groups in total. The van der Waals surface area contributed by atoms with Crippen LogP contribution >= 0.6 is 0 Å². The summed E-state index contributed by atoms with van der Waals surface area (Å²) in [6, 6.07) is 28.9. The molecule has 0 atom stereocenters. The summed E-state index contributed by atoms with van der Waals surface area (Å²) in [7, 11) is 0. The molecule has 0 aliphatic heterocycles. The van der Waals surface area contributed by atoms with E-state index < -0.39 is 60.4 Å². The van der Waals surface area contributed by atoms with E-state index in [0.717, 1.165) is 39.0 Å². The molecule has 0 fully saturated rings. The van der Waals surface area contributed by atoms with E-state index in [1.807, 2.05) is 47.2 Å². The Kier molecular flexibility index (Phi) is 8.46. The molecule has 360 valence electrons. The molecule has 1 aliphatic carbocycles. The summed E-state index contributed by atoms with van der Waals surface area (Å²) < 4.78 is 103. The van der Waals surface area contributed by atoms with Crippen LogP contribution in [-0.4, -0.2) is 18.7 Å². The molecule has 7 aromatic carbocycles. The molecule has 0 spiro atoms. The van der Waals surface area contributed by atoms with Crippen LogP contribution in [-0.2, 0) is 41.0 Å². The van der Waals surface area contributed by atoms with Gasteiger partial charge < -0.3 is 0 Å². The molecule has 3 heterocycles. The topological polar surface area (TPSA) is 36.9 Å². The van der Waals surface area contributed by atoms with Gasteiger partial charge in [-0.25, -0.2) is 0 Å². The average Bonchev–Trinajstić information content (AvgIpc) is 4.18. The van der Waals surface area contributed by atoms with Gasteiger partial charge in [0, 0.05) is 6.20 Å². The summed E-state index contributed by atoms with van der Waals surface area (Å²) in [5.74, 6) is 2.00. The van der Waals surface area contributed by atoms with Gasteiger partial charge >= 0.3 is 333 Å². The predicted octanol–water partition coefficient (Wildman–Crippen LogP) is 17.3. The first-order valence-corrected chi connectivity index (χ1v) is 25.3. The molecule has 1 aliphatic rings. The zero-order valence-corrected chi connectivity index (χ0v) is 44.7. The molecule has 0 radical (unpaired) electrons. The molecule has 10 aromatic rings. The van der Waals surface area contributed by atoms with Gasteiger partial charge in [-0.1, -0.05) is 68.4 Å². The van der Waals surface area contributed by atoms with E-state index in [-0.39, 0.29) is 55.0 Å². The molecule has 71 heavy (non-hydrogen) atoms. The number of hydrogen-bond acceptors (Lipinski definition) is 2. The van der Waals surface area contributed by atoms with Crippen LogP contribution in [0.1, 0.15) is 119 Å². The minimum atomic E-state index is -0.557. The van der Waals surface area contributed by atoms with E-state index in [1.54, 1.807) is 18.2 Å². The third kappa shape index (κ3) is 7.36. The molecule has 0 saturated heterocycles. The fourth-order valence-corrected chi connectivity index (χ4v) is 12.0. The Bertz CT molecular complexity index is 4270. The SMILES string of the molecule is [2H]c1c([2H])c([2H])c(-c2cccc(-c3c([2H])c([2H])c([2H])c([2H])c3[2H])c2-n2[c](=[Pt])n(-c3cc(Oc4ccc5c6c7c(ccc6n(-c6cc(C(C)(C)C)ccn6)c5c4)C(C)(C)C(C)(C)C7(C)C)cc(C(C)(C)C)c3)c3ccccc32)c([2H])c1[2H]. The molecule has 5 nitrogen and oxygen atoms in total. The number of pyridine rings is 1. The number of fused-ring (bicyclic) bond motifs is 6. The van der Waals surface area contributed by atoms with Crippen LogP contribution in [0.4, 0.5) is 0 Å². The van der Waals surface area contributed by atoms with Crippen LogP contribution in [0.25, 0.3) is 72.3 Å². The first-order chi connectivity index (χ1) is 37.8. The Morgan fingerprint density at radius 2 is 1.17 bits per heavy atom. The van der Waals surface area contributed by atoms with Gasteiger partial charge in [-0.3, -0.25) is 0 Å². The van der Waals surface area contributed by atoms with E-state index in [1.165, 1.54) is 22.1 Å². The monoisotopic (exact) mass is 1120 g/mol. The molecule has 0 bridgehead atoms. The maximum absolute atomic E-state index is 9.21. The number of ether oxygens (including phenoxy) is 1. The molecule has 0 saturated carbocycles. The normalized spacial score (nSPS) is 17.2. The average molecular weight is 1120 g/mol. The number of para-hydroxylation sites is 3. The van der Waals surface area contributed by atoms with Crippen molar-refractivity contribution in [2.75, 3.05) is 0 Å². The Morgan fingerprint density at radius 1 is 0.549 bits per heavy atom. The molecular formula is C65H64N4OPt. The van der Waals surface area contributed by atoms with E-state index in [9.17, 15) is 5.48 Å². The van der Waals surface area contributed by atoms with Crippen molar-refractivity contribution in [2.45, 2.75) is 105 Å². The zero-order chi connectivity index (χ0) is 58.7. The Hall–Kier alpha value is -6.55. The van der Waals surface area contributed by atoms with Crippen molar-refractivity contribution in [1.29, 1.82) is 0 Å². The van der Waals surface area contributed by atoms with Crippen molar-refractivity contribution in [3.05, 3.63) is 196 Å². The predicted molar refractivity (Wildman–Crippen MR) is 293 cm³/mol. The van der Waals surface area contributed by atoms with Crippen molar-refractivity contribution in [1.82, 2.24) is 18.7 Å². The van der Waals surface area contributed by atoms with Crippen LogP contribution in [0.3, 0.4) is 0 Å². The first-order valence-electron chi connectivity index (χ1n) is 29.2. The first kappa shape index (κ1) is 36.4.